The number of likely N-dealkylation sites (tertiary alicyclic amines) is 1. The van der Waals surface area contributed by atoms with E-state index in [4.69, 9.17) is 4.74 Å². The minimum atomic E-state index is -0.225. The standard InChI is InChI=1S/C21H27FN2O/c1-2-24-12-6-9-19(24)15-23-14-17-7-5-10-20(13-17)25-16-18-8-3-4-11-21(18)22/h3-5,7-8,10-11,13,19,23H,2,6,9,12,14-16H2,1H3. The molecule has 1 saturated heterocycles. The van der Waals surface area contributed by atoms with Crippen LogP contribution in [0.25, 0.3) is 0 Å². The third kappa shape index (κ3) is 5.03. The molecular weight excluding hydrogens is 315 g/mol. The summed E-state index contributed by atoms with van der Waals surface area (Å²) < 4.78 is 19.4. The zero-order valence-electron chi connectivity index (χ0n) is 14.9. The minimum absolute atomic E-state index is 0.225. The number of nitrogens with zero attached hydrogens (tertiary/aromatic N) is 1. The summed E-state index contributed by atoms with van der Waals surface area (Å²) in [5, 5.41) is 3.56. The van der Waals surface area contributed by atoms with E-state index in [1.54, 1.807) is 12.1 Å². The summed E-state index contributed by atoms with van der Waals surface area (Å²) in [6.07, 6.45) is 2.59. The molecule has 0 aromatic heterocycles. The van der Waals surface area contributed by atoms with E-state index < -0.39 is 0 Å². The van der Waals surface area contributed by atoms with Crippen molar-refractivity contribution in [2.24, 2.45) is 0 Å². The molecule has 1 aliphatic heterocycles. The first-order chi connectivity index (χ1) is 12.3. The van der Waals surface area contributed by atoms with Crippen LogP contribution < -0.4 is 10.1 Å². The molecule has 3 rings (SSSR count). The fraction of sp³-hybridized carbons (Fsp3) is 0.429. The second kappa shape index (κ2) is 8.97. The van der Waals surface area contributed by atoms with E-state index >= 15 is 0 Å². The molecule has 1 fully saturated rings. The van der Waals surface area contributed by atoms with Gasteiger partial charge in [0.2, 0.25) is 0 Å². The zero-order valence-corrected chi connectivity index (χ0v) is 14.9. The van der Waals surface area contributed by atoms with Gasteiger partial charge in [-0.05, 0) is 49.7 Å². The average molecular weight is 342 g/mol. The molecule has 0 amide bonds. The second-order valence-electron chi connectivity index (χ2n) is 6.58. The normalized spacial score (nSPS) is 17.8. The number of halogens is 1. The van der Waals surface area contributed by atoms with Crippen molar-refractivity contribution in [3.8, 4) is 5.75 Å². The van der Waals surface area contributed by atoms with Crippen LogP contribution in [-0.2, 0) is 13.2 Å². The van der Waals surface area contributed by atoms with Crippen LogP contribution in [0.3, 0.4) is 0 Å². The molecule has 25 heavy (non-hydrogen) atoms. The van der Waals surface area contributed by atoms with Crippen LogP contribution in [0.1, 0.15) is 30.9 Å². The van der Waals surface area contributed by atoms with E-state index in [1.807, 2.05) is 24.3 Å². The van der Waals surface area contributed by atoms with E-state index in [2.05, 4.69) is 23.2 Å². The average Bonchev–Trinajstić information content (AvgIpc) is 3.09. The quantitative estimate of drug-likeness (QED) is 0.785. The predicted molar refractivity (Wildman–Crippen MR) is 99.1 cm³/mol. The van der Waals surface area contributed by atoms with Gasteiger partial charge in [-0.1, -0.05) is 37.3 Å². The van der Waals surface area contributed by atoms with Crippen LogP contribution in [-0.4, -0.2) is 30.6 Å². The van der Waals surface area contributed by atoms with Gasteiger partial charge in [-0.25, -0.2) is 4.39 Å². The number of rotatable bonds is 8. The van der Waals surface area contributed by atoms with Crippen molar-refractivity contribution >= 4 is 0 Å². The van der Waals surface area contributed by atoms with Gasteiger partial charge in [0.25, 0.3) is 0 Å². The first-order valence-electron chi connectivity index (χ1n) is 9.16. The third-order valence-electron chi connectivity index (χ3n) is 4.86. The summed E-state index contributed by atoms with van der Waals surface area (Å²) in [6.45, 7) is 6.68. The van der Waals surface area contributed by atoms with Crippen LogP contribution >= 0.6 is 0 Å². The number of benzene rings is 2. The first kappa shape index (κ1) is 17.9. The summed E-state index contributed by atoms with van der Waals surface area (Å²) >= 11 is 0. The Bertz CT molecular complexity index is 676. The van der Waals surface area contributed by atoms with Gasteiger partial charge in [-0.3, -0.25) is 4.90 Å². The van der Waals surface area contributed by atoms with Crippen molar-refractivity contribution in [1.29, 1.82) is 0 Å². The molecule has 1 atom stereocenters. The molecule has 134 valence electrons. The van der Waals surface area contributed by atoms with Crippen molar-refractivity contribution in [3.63, 3.8) is 0 Å². The van der Waals surface area contributed by atoms with Crippen molar-refractivity contribution in [2.75, 3.05) is 19.6 Å². The lowest BCUT2D eigenvalue weighted by atomic mass is 10.2. The van der Waals surface area contributed by atoms with Gasteiger partial charge in [0.05, 0.1) is 0 Å². The van der Waals surface area contributed by atoms with Gasteiger partial charge in [0.15, 0.2) is 0 Å². The van der Waals surface area contributed by atoms with Gasteiger partial charge in [-0.15, -0.1) is 0 Å². The zero-order chi connectivity index (χ0) is 17.5. The van der Waals surface area contributed by atoms with Gasteiger partial charge >= 0.3 is 0 Å². The van der Waals surface area contributed by atoms with Gasteiger partial charge < -0.3 is 10.1 Å². The predicted octanol–water partition coefficient (Wildman–Crippen LogP) is 3.98. The Balaban J connectivity index is 1.49. The Morgan fingerprint density at radius 1 is 1.20 bits per heavy atom. The number of ether oxygens (including phenoxy) is 1. The Kier molecular flexibility index (Phi) is 6.42. The molecule has 1 aliphatic rings. The maximum atomic E-state index is 13.7. The smallest absolute Gasteiger partial charge is 0.129 e. The van der Waals surface area contributed by atoms with E-state index in [-0.39, 0.29) is 12.4 Å². The van der Waals surface area contributed by atoms with Crippen molar-refractivity contribution in [2.45, 2.75) is 39.0 Å². The summed E-state index contributed by atoms with van der Waals surface area (Å²) in [7, 11) is 0. The lowest BCUT2D eigenvalue weighted by molar-refractivity contribution is 0.260. The Morgan fingerprint density at radius 2 is 2.08 bits per heavy atom. The van der Waals surface area contributed by atoms with Crippen LogP contribution in [0.5, 0.6) is 5.75 Å². The number of nitrogens with one attached hydrogen (secondary N) is 1. The lowest BCUT2D eigenvalue weighted by Gasteiger charge is -2.23. The summed E-state index contributed by atoms with van der Waals surface area (Å²) in [5.74, 6) is 0.552. The van der Waals surface area contributed by atoms with Crippen molar-refractivity contribution in [3.05, 3.63) is 65.5 Å². The Labute approximate surface area is 149 Å². The molecule has 0 saturated carbocycles. The van der Waals surface area contributed by atoms with Gasteiger partial charge in [0, 0.05) is 24.7 Å². The molecule has 0 radical (unpaired) electrons. The topological polar surface area (TPSA) is 24.5 Å². The SMILES string of the molecule is CCN1CCCC1CNCc1cccc(OCc2ccccc2F)c1. The number of hydrogen-bond acceptors (Lipinski definition) is 3. The maximum absolute atomic E-state index is 13.7. The highest BCUT2D eigenvalue weighted by atomic mass is 19.1. The highest BCUT2D eigenvalue weighted by Gasteiger charge is 2.21. The summed E-state index contributed by atoms with van der Waals surface area (Å²) in [5.41, 5.74) is 1.76. The molecule has 0 bridgehead atoms. The molecule has 2 aromatic carbocycles. The fourth-order valence-electron chi connectivity index (χ4n) is 3.45. The third-order valence-corrected chi connectivity index (χ3v) is 4.86. The van der Waals surface area contributed by atoms with E-state index in [1.165, 1.54) is 31.0 Å². The molecule has 3 nitrogen and oxygen atoms in total. The second-order valence-corrected chi connectivity index (χ2v) is 6.58. The number of likely N-dealkylation sites (N-methyl/N-ethyl adjacent to an activating group) is 1. The monoisotopic (exact) mass is 342 g/mol. The lowest BCUT2D eigenvalue weighted by Crippen LogP contribution is -2.37. The van der Waals surface area contributed by atoms with Gasteiger partial charge in [0.1, 0.15) is 18.2 Å². The summed E-state index contributed by atoms with van der Waals surface area (Å²) in [4.78, 5) is 2.54. The Morgan fingerprint density at radius 3 is 2.92 bits per heavy atom. The fourth-order valence-corrected chi connectivity index (χ4v) is 3.45. The summed E-state index contributed by atoms with van der Waals surface area (Å²) in [6, 6.07) is 15.4. The van der Waals surface area contributed by atoms with Gasteiger partial charge in [-0.2, -0.15) is 0 Å². The van der Waals surface area contributed by atoms with E-state index in [0.29, 0.717) is 11.6 Å². The van der Waals surface area contributed by atoms with E-state index in [0.717, 1.165) is 25.4 Å². The van der Waals surface area contributed by atoms with E-state index in [9.17, 15) is 4.39 Å². The van der Waals surface area contributed by atoms with Crippen LogP contribution in [0.2, 0.25) is 0 Å². The number of hydrogen-bond donors (Lipinski definition) is 1. The largest absolute Gasteiger partial charge is 0.489 e. The minimum Gasteiger partial charge on any atom is -0.489 e. The molecule has 4 heteroatoms. The molecule has 2 aromatic rings. The molecule has 1 heterocycles. The van der Waals surface area contributed by atoms with Crippen LogP contribution in [0, 0.1) is 5.82 Å². The van der Waals surface area contributed by atoms with Crippen LogP contribution in [0.4, 0.5) is 4.39 Å². The molecule has 0 aliphatic carbocycles. The first-order valence-corrected chi connectivity index (χ1v) is 9.16. The molecule has 0 spiro atoms. The highest BCUT2D eigenvalue weighted by Crippen LogP contribution is 2.18. The Hall–Kier alpha value is -1.91. The molecular formula is C21H27FN2O. The van der Waals surface area contributed by atoms with Crippen molar-refractivity contribution in [1.82, 2.24) is 10.2 Å². The highest BCUT2D eigenvalue weighted by molar-refractivity contribution is 5.29. The molecule has 1 unspecified atom stereocenters. The van der Waals surface area contributed by atoms with Crippen LogP contribution in [0.15, 0.2) is 48.5 Å². The molecule has 1 N–H and O–H groups in total. The maximum Gasteiger partial charge on any atom is 0.129 e. The van der Waals surface area contributed by atoms with Crippen molar-refractivity contribution < 1.29 is 9.13 Å².